The lowest BCUT2D eigenvalue weighted by Crippen LogP contribution is -2.40. The summed E-state index contributed by atoms with van der Waals surface area (Å²) in [6, 6.07) is 14.1. The Bertz CT molecular complexity index is 964. The molecule has 0 saturated carbocycles. The van der Waals surface area contributed by atoms with E-state index in [1.165, 1.54) is 0 Å². The fourth-order valence-electron chi connectivity index (χ4n) is 3.90. The highest BCUT2D eigenvalue weighted by Gasteiger charge is 2.20. The smallest absolute Gasteiger partial charge is 0.254 e. The fraction of sp³-hybridized carbons (Fsp3) is 0.375. The molecule has 8 nitrogen and oxygen atoms in total. The number of rotatable bonds is 6. The molecule has 3 amide bonds. The molecule has 2 N–H and O–H groups in total. The number of likely N-dealkylation sites (tertiary alicyclic amines) is 1. The third-order valence-electron chi connectivity index (χ3n) is 5.67. The minimum Gasteiger partial charge on any atom is -0.378 e. The lowest BCUT2D eigenvalue weighted by molar-refractivity contribution is -0.114. The normalized spacial score (nSPS) is 16.0. The second-order valence-corrected chi connectivity index (χ2v) is 7.96. The lowest BCUT2D eigenvalue weighted by atomic mass is 10.1. The number of hydrogen-bond donors (Lipinski definition) is 2. The topological polar surface area (TPSA) is 91.0 Å². The van der Waals surface area contributed by atoms with E-state index in [1.54, 1.807) is 53.4 Å². The first kappa shape index (κ1) is 21.8. The molecule has 168 valence electrons. The third-order valence-corrected chi connectivity index (χ3v) is 5.67. The molecule has 32 heavy (non-hydrogen) atoms. The number of amides is 3. The first-order chi connectivity index (χ1) is 15.6. The van der Waals surface area contributed by atoms with Gasteiger partial charge in [-0.25, -0.2) is 0 Å². The van der Waals surface area contributed by atoms with Gasteiger partial charge in [-0.2, -0.15) is 0 Å². The van der Waals surface area contributed by atoms with Gasteiger partial charge in [0.2, 0.25) is 5.91 Å². The number of ether oxygens (including phenoxy) is 1. The summed E-state index contributed by atoms with van der Waals surface area (Å²) < 4.78 is 5.28. The van der Waals surface area contributed by atoms with Gasteiger partial charge in [0.15, 0.2) is 0 Å². The summed E-state index contributed by atoms with van der Waals surface area (Å²) in [5.74, 6) is -0.228. The van der Waals surface area contributed by atoms with Gasteiger partial charge in [0.05, 0.1) is 19.8 Å². The number of anilines is 2. The molecule has 0 spiro atoms. The zero-order chi connectivity index (χ0) is 22.3. The molecule has 0 aromatic heterocycles. The predicted octanol–water partition coefficient (Wildman–Crippen LogP) is 2.45. The van der Waals surface area contributed by atoms with Gasteiger partial charge in [-0.3, -0.25) is 14.4 Å². The second kappa shape index (κ2) is 10.3. The van der Waals surface area contributed by atoms with Crippen molar-refractivity contribution in [2.75, 3.05) is 56.6 Å². The molecule has 2 fully saturated rings. The zero-order valence-electron chi connectivity index (χ0n) is 18.0. The third kappa shape index (κ3) is 5.45. The minimum absolute atomic E-state index is 0.00319. The molecule has 2 aromatic rings. The van der Waals surface area contributed by atoms with Crippen LogP contribution < -0.4 is 10.6 Å². The van der Waals surface area contributed by atoms with E-state index >= 15 is 0 Å². The molecule has 0 radical (unpaired) electrons. The average Bonchev–Trinajstić information content (AvgIpc) is 3.38. The van der Waals surface area contributed by atoms with Crippen LogP contribution in [0.1, 0.15) is 33.6 Å². The minimum atomic E-state index is -0.218. The molecule has 4 rings (SSSR count). The lowest BCUT2D eigenvalue weighted by Gasteiger charge is -2.26. The van der Waals surface area contributed by atoms with Crippen LogP contribution >= 0.6 is 0 Å². The Kier molecular flexibility index (Phi) is 7.01. The van der Waals surface area contributed by atoms with Crippen molar-refractivity contribution in [1.29, 1.82) is 0 Å². The molecule has 2 aliphatic rings. The van der Waals surface area contributed by atoms with Gasteiger partial charge in [0.25, 0.3) is 11.8 Å². The number of carbonyl (C=O) groups is 3. The summed E-state index contributed by atoms with van der Waals surface area (Å²) >= 11 is 0. The van der Waals surface area contributed by atoms with Gasteiger partial charge >= 0.3 is 0 Å². The molecule has 0 bridgehead atoms. The number of morpholine rings is 1. The van der Waals surface area contributed by atoms with E-state index in [0.29, 0.717) is 43.1 Å². The number of carbonyl (C=O) groups excluding carboxylic acids is 3. The van der Waals surface area contributed by atoms with E-state index in [1.807, 2.05) is 4.90 Å². The molecular weight excluding hydrogens is 408 g/mol. The zero-order valence-corrected chi connectivity index (χ0v) is 18.0. The highest BCUT2D eigenvalue weighted by molar-refractivity contribution is 5.98. The van der Waals surface area contributed by atoms with Gasteiger partial charge in [0.1, 0.15) is 0 Å². The maximum atomic E-state index is 12.5. The number of benzene rings is 2. The van der Waals surface area contributed by atoms with Crippen LogP contribution in [0.5, 0.6) is 0 Å². The van der Waals surface area contributed by atoms with E-state index in [0.717, 1.165) is 31.6 Å². The van der Waals surface area contributed by atoms with Crippen molar-refractivity contribution in [2.24, 2.45) is 0 Å². The van der Waals surface area contributed by atoms with Gasteiger partial charge in [0, 0.05) is 48.7 Å². The molecule has 2 aliphatic heterocycles. The molecular formula is C24H28N4O4. The highest BCUT2D eigenvalue weighted by Crippen LogP contribution is 2.17. The van der Waals surface area contributed by atoms with Crippen molar-refractivity contribution >= 4 is 29.1 Å². The average molecular weight is 437 g/mol. The van der Waals surface area contributed by atoms with E-state index in [2.05, 4.69) is 10.6 Å². The van der Waals surface area contributed by atoms with E-state index < -0.39 is 0 Å². The Balaban J connectivity index is 1.28. The summed E-state index contributed by atoms with van der Waals surface area (Å²) in [5, 5.41) is 5.89. The second-order valence-electron chi connectivity index (χ2n) is 7.96. The Hall–Kier alpha value is -3.39. The quantitative estimate of drug-likeness (QED) is 0.726. The molecule has 2 saturated heterocycles. The van der Waals surface area contributed by atoms with Gasteiger partial charge < -0.3 is 25.2 Å². The Morgan fingerprint density at radius 1 is 0.781 bits per heavy atom. The van der Waals surface area contributed by atoms with E-state index in [9.17, 15) is 14.4 Å². The number of nitrogens with zero attached hydrogens (tertiary/aromatic N) is 2. The van der Waals surface area contributed by atoms with Crippen molar-refractivity contribution < 1.29 is 19.1 Å². The van der Waals surface area contributed by atoms with Crippen molar-refractivity contribution in [3.05, 3.63) is 59.7 Å². The van der Waals surface area contributed by atoms with Crippen LogP contribution in [0.2, 0.25) is 0 Å². The van der Waals surface area contributed by atoms with Gasteiger partial charge in [-0.05, 0) is 55.3 Å². The Labute approximate surface area is 187 Å². The molecule has 0 aliphatic carbocycles. The van der Waals surface area contributed by atoms with Crippen LogP contribution in [-0.4, -0.2) is 73.5 Å². The van der Waals surface area contributed by atoms with Crippen LogP contribution in [0.3, 0.4) is 0 Å². The fourth-order valence-corrected chi connectivity index (χ4v) is 3.90. The number of hydrogen-bond acceptors (Lipinski definition) is 5. The maximum Gasteiger partial charge on any atom is 0.254 e. The summed E-state index contributed by atoms with van der Waals surface area (Å²) in [6.45, 7) is 3.98. The van der Waals surface area contributed by atoms with Crippen molar-refractivity contribution in [1.82, 2.24) is 9.80 Å². The van der Waals surface area contributed by atoms with Crippen LogP contribution in [0.15, 0.2) is 48.5 Å². The highest BCUT2D eigenvalue weighted by atomic mass is 16.5. The van der Waals surface area contributed by atoms with E-state index in [4.69, 9.17) is 4.74 Å². The largest absolute Gasteiger partial charge is 0.378 e. The molecule has 0 unspecified atom stereocenters. The Morgan fingerprint density at radius 2 is 1.44 bits per heavy atom. The SMILES string of the molecule is O=C(CNc1ccc(C(=O)N2CCOCC2)cc1)Nc1cccc(C(=O)N2CCCC2)c1. The first-order valence-electron chi connectivity index (χ1n) is 11.0. The molecule has 8 heteroatoms. The monoisotopic (exact) mass is 436 g/mol. The molecule has 2 heterocycles. The van der Waals surface area contributed by atoms with Crippen LogP contribution in [0.25, 0.3) is 0 Å². The van der Waals surface area contributed by atoms with Crippen LogP contribution in [0, 0.1) is 0 Å². The van der Waals surface area contributed by atoms with Crippen LogP contribution in [0.4, 0.5) is 11.4 Å². The van der Waals surface area contributed by atoms with Crippen molar-refractivity contribution in [3.8, 4) is 0 Å². The summed E-state index contributed by atoms with van der Waals surface area (Å²) in [6.07, 6.45) is 2.08. The summed E-state index contributed by atoms with van der Waals surface area (Å²) in [7, 11) is 0. The summed E-state index contributed by atoms with van der Waals surface area (Å²) in [5.41, 5.74) is 2.53. The van der Waals surface area contributed by atoms with Crippen molar-refractivity contribution in [3.63, 3.8) is 0 Å². The van der Waals surface area contributed by atoms with Gasteiger partial charge in [-0.15, -0.1) is 0 Å². The molecule has 2 aromatic carbocycles. The predicted molar refractivity (Wildman–Crippen MR) is 122 cm³/mol. The van der Waals surface area contributed by atoms with Crippen LogP contribution in [-0.2, 0) is 9.53 Å². The van der Waals surface area contributed by atoms with Gasteiger partial charge in [-0.1, -0.05) is 6.07 Å². The number of nitrogens with one attached hydrogen (secondary N) is 2. The Morgan fingerprint density at radius 3 is 2.16 bits per heavy atom. The standard InChI is InChI=1S/C24H28N4O4/c29-22(26-21-5-3-4-19(16-21)24(31)27-10-1-2-11-27)17-25-20-8-6-18(7-9-20)23(30)28-12-14-32-15-13-28/h3-9,16,25H,1-2,10-15,17H2,(H,26,29). The maximum absolute atomic E-state index is 12.5. The summed E-state index contributed by atoms with van der Waals surface area (Å²) in [4.78, 5) is 41.0. The first-order valence-corrected chi connectivity index (χ1v) is 11.0. The molecule has 0 atom stereocenters. The van der Waals surface area contributed by atoms with E-state index in [-0.39, 0.29) is 24.3 Å². The van der Waals surface area contributed by atoms with Crippen molar-refractivity contribution in [2.45, 2.75) is 12.8 Å².